The van der Waals surface area contributed by atoms with Crippen molar-refractivity contribution in [1.29, 1.82) is 0 Å². The summed E-state index contributed by atoms with van der Waals surface area (Å²) >= 11 is 6.05. The third-order valence-electron chi connectivity index (χ3n) is 7.17. The van der Waals surface area contributed by atoms with Gasteiger partial charge in [-0.25, -0.2) is 8.42 Å². The zero-order chi connectivity index (χ0) is 29.4. The van der Waals surface area contributed by atoms with Crippen molar-refractivity contribution in [3.63, 3.8) is 0 Å². The van der Waals surface area contributed by atoms with Gasteiger partial charge in [-0.05, 0) is 73.9 Å². The maximum atomic E-state index is 13.8. The van der Waals surface area contributed by atoms with Gasteiger partial charge in [0.15, 0.2) is 0 Å². The van der Waals surface area contributed by atoms with Crippen molar-refractivity contribution >= 4 is 39.1 Å². The van der Waals surface area contributed by atoms with E-state index in [0.29, 0.717) is 22.2 Å². The first-order valence-corrected chi connectivity index (χ1v) is 16.0. The molecule has 41 heavy (non-hydrogen) atoms. The van der Waals surface area contributed by atoms with E-state index in [2.05, 4.69) is 5.32 Å². The zero-order valence-electron chi connectivity index (χ0n) is 23.3. The first-order chi connectivity index (χ1) is 19.6. The van der Waals surface area contributed by atoms with Gasteiger partial charge < -0.3 is 15.0 Å². The van der Waals surface area contributed by atoms with Gasteiger partial charge in [0, 0.05) is 17.6 Å². The second-order valence-corrected chi connectivity index (χ2v) is 12.7. The molecule has 0 bridgehead atoms. The van der Waals surface area contributed by atoms with E-state index in [1.807, 2.05) is 30.3 Å². The number of carbonyl (C=O) groups excluding carboxylic acids is 2. The number of hydrogen-bond acceptors (Lipinski definition) is 5. The SMILES string of the molecule is C[C@H](C(=O)NC1CCCCC1)N(Cc1ccc(Cl)cc1)C(=O)CN(c1ccc(Oc2ccccc2)cc1)S(C)(=O)=O. The van der Waals surface area contributed by atoms with E-state index in [9.17, 15) is 18.0 Å². The maximum absolute atomic E-state index is 13.8. The number of nitrogens with one attached hydrogen (secondary N) is 1. The van der Waals surface area contributed by atoms with Crippen molar-refractivity contribution in [3.8, 4) is 11.5 Å². The van der Waals surface area contributed by atoms with E-state index in [4.69, 9.17) is 16.3 Å². The van der Waals surface area contributed by atoms with Crippen LogP contribution in [0.1, 0.15) is 44.6 Å². The fraction of sp³-hybridized carbons (Fsp3) is 0.355. The minimum atomic E-state index is -3.84. The summed E-state index contributed by atoms with van der Waals surface area (Å²) in [5.74, 6) is 0.416. The van der Waals surface area contributed by atoms with E-state index in [1.165, 1.54) is 4.90 Å². The Bertz CT molecular complexity index is 1410. The molecule has 0 aromatic heterocycles. The summed E-state index contributed by atoms with van der Waals surface area (Å²) in [6.45, 7) is 1.33. The molecular formula is C31H36ClN3O5S. The lowest BCUT2D eigenvalue weighted by Gasteiger charge is -2.33. The maximum Gasteiger partial charge on any atom is 0.244 e. The Morgan fingerprint density at radius 3 is 2.15 bits per heavy atom. The van der Waals surface area contributed by atoms with Crippen molar-refractivity contribution in [3.05, 3.63) is 89.4 Å². The van der Waals surface area contributed by atoms with Gasteiger partial charge in [0.05, 0.1) is 11.9 Å². The molecule has 3 aromatic rings. The highest BCUT2D eigenvalue weighted by Crippen LogP contribution is 2.26. The largest absolute Gasteiger partial charge is 0.457 e. The third-order valence-corrected chi connectivity index (χ3v) is 8.56. The predicted molar refractivity (Wildman–Crippen MR) is 162 cm³/mol. The predicted octanol–water partition coefficient (Wildman–Crippen LogP) is 5.76. The van der Waals surface area contributed by atoms with E-state index < -0.39 is 28.5 Å². The number of benzene rings is 3. The lowest BCUT2D eigenvalue weighted by molar-refractivity contribution is -0.139. The number of nitrogens with zero attached hydrogens (tertiary/aromatic N) is 2. The summed E-state index contributed by atoms with van der Waals surface area (Å²) in [6, 6.07) is 22.0. The lowest BCUT2D eigenvalue weighted by Crippen LogP contribution is -2.52. The Hall–Kier alpha value is -3.56. The van der Waals surface area contributed by atoms with Crippen LogP contribution in [0.2, 0.25) is 5.02 Å². The quantitative estimate of drug-likeness (QED) is 0.303. The van der Waals surface area contributed by atoms with Gasteiger partial charge in [-0.15, -0.1) is 0 Å². The van der Waals surface area contributed by atoms with Crippen LogP contribution in [0.4, 0.5) is 5.69 Å². The monoisotopic (exact) mass is 597 g/mol. The van der Waals surface area contributed by atoms with Gasteiger partial charge in [-0.3, -0.25) is 13.9 Å². The minimum absolute atomic E-state index is 0.0790. The number of rotatable bonds is 11. The number of halogens is 1. The molecule has 2 amide bonds. The molecule has 1 fully saturated rings. The second-order valence-electron chi connectivity index (χ2n) is 10.3. The van der Waals surface area contributed by atoms with Crippen molar-refractivity contribution in [1.82, 2.24) is 10.2 Å². The Labute approximate surface area is 247 Å². The van der Waals surface area contributed by atoms with E-state index in [-0.39, 0.29) is 18.5 Å². The molecule has 0 spiro atoms. The normalized spacial score (nSPS) is 14.6. The van der Waals surface area contributed by atoms with Crippen LogP contribution in [0.3, 0.4) is 0 Å². The Balaban J connectivity index is 1.54. The Kier molecular flexibility index (Phi) is 10.3. The lowest BCUT2D eigenvalue weighted by atomic mass is 9.95. The van der Waals surface area contributed by atoms with Gasteiger partial charge >= 0.3 is 0 Å². The highest BCUT2D eigenvalue weighted by atomic mass is 35.5. The highest BCUT2D eigenvalue weighted by Gasteiger charge is 2.31. The molecule has 8 nitrogen and oxygen atoms in total. The number of carbonyl (C=O) groups is 2. The van der Waals surface area contributed by atoms with Crippen LogP contribution in [-0.2, 0) is 26.2 Å². The standard InChI is InChI=1S/C31H36ClN3O5S/c1-23(31(37)33-26-9-5-3-6-10-26)34(21-24-13-15-25(32)16-14-24)30(36)22-35(41(2,38)39)27-17-19-29(20-18-27)40-28-11-7-4-8-12-28/h4,7-8,11-20,23,26H,3,5-6,9-10,21-22H2,1-2H3,(H,33,37)/t23-/m1/s1. The van der Waals surface area contributed by atoms with Gasteiger partial charge in [-0.1, -0.05) is 61.2 Å². The van der Waals surface area contributed by atoms with Crippen LogP contribution < -0.4 is 14.4 Å². The average molecular weight is 598 g/mol. The summed E-state index contributed by atoms with van der Waals surface area (Å²) in [6.07, 6.45) is 6.16. The Morgan fingerprint density at radius 2 is 1.54 bits per heavy atom. The van der Waals surface area contributed by atoms with Crippen LogP contribution in [0.5, 0.6) is 11.5 Å². The van der Waals surface area contributed by atoms with Crippen molar-refractivity contribution in [2.45, 2.75) is 57.7 Å². The fourth-order valence-corrected chi connectivity index (χ4v) is 5.83. The first kappa shape index (κ1) is 30.4. The van der Waals surface area contributed by atoms with Crippen LogP contribution in [0.25, 0.3) is 0 Å². The van der Waals surface area contributed by atoms with Crippen LogP contribution in [0, 0.1) is 0 Å². The molecule has 4 rings (SSSR count). The fourth-order valence-electron chi connectivity index (χ4n) is 4.86. The molecule has 1 N–H and O–H groups in total. The van der Waals surface area contributed by atoms with Crippen LogP contribution >= 0.6 is 11.6 Å². The van der Waals surface area contributed by atoms with E-state index in [1.54, 1.807) is 55.5 Å². The average Bonchev–Trinajstić information content (AvgIpc) is 2.96. The van der Waals surface area contributed by atoms with Crippen molar-refractivity contribution in [2.75, 3.05) is 17.1 Å². The molecule has 0 radical (unpaired) electrons. The second kappa shape index (κ2) is 13.9. The topological polar surface area (TPSA) is 96.0 Å². The van der Waals surface area contributed by atoms with Gasteiger partial charge in [0.1, 0.15) is 24.1 Å². The number of anilines is 1. The van der Waals surface area contributed by atoms with Gasteiger partial charge in [0.25, 0.3) is 0 Å². The zero-order valence-corrected chi connectivity index (χ0v) is 24.9. The molecule has 1 atom stereocenters. The number of ether oxygens (including phenoxy) is 1. The molecule has 10 heteroatoms. The van der Waals surface area contributed by atoms with Crippen LogP contribution in [0.15, 0.2) is 78.9 Å². The van der Waals surface area contributed by atoms with Gasteiger partial charge in [0.2, 0.25) is 21.8 Å². The highest BCUT2D eigenvalue weighted by molar-refractivity contribution is 7.92. The Morgan fingerprint density at radius 1 is 0.927 bits per heavy atom. The number of sulfonamides is 1. The molecule has 1 aliphatic rings. The van der Waals surface area contributed by atoms with Gasteiger partial charge in [-0.2, -0.15) is 0 Å². The summed E-state index contributed by atoms with van der Waals surface area (Å²) in [7, 11) is -3.84. The molecule has 1 saturated carbocycles. The van der Waals surface area contributed by atoms with Crippen LogP contribution in [-0.4, -0.2) is 50.0 Å². The summed E-state index contributed by atoms with van der Waals surface area (Å²) in [4.78, 5) is 28.5. The first-order valence-electron chi connectivity index (χ1n) is 13.7. The number of amides is 2. The molecule has 0 heterocycles. The smallest absolute Gasteiger partial charge is 0.244 e. The molecule has 0 unspecified atom stereocenters. The molecule has 0 aliphatic heterocycles. The molecular weight excluding hydrogens is 562 g/mol. The number of para-hydroxylation sites is 1. The van der Waals surface area contributed by atoms with E-state index >= 15 is 0 Å². The molecule has 0 saturated heterocycles. The summed E-state index contributed by atoms with van der Waals surface area (Å²) in [5, 5.41) is 3.64. The molecule has 3 aromatic carbocycles. The summed E-state index contributed by atoms with van der Waals surface area (Å²) < 4.78 is 32.6. The number of hydrogen-bond donors (Lipinski definition) is 1. The van der Waals surface area contributed by atoms with E-state index in [0.717, 1.165) is 48.2 Å². The molecule has 1 aliphatic carbocycles. The third kappa shape index (κ3) is 8.71. The molecule has 218 valence electrons. The summed E-state index contributed by atoms with van der Waals surface area (Å²) in [5.41, 5.74) is 1.08. The van der Waals surface area contributed by atoms with Crippen molar-refractivity contribution in [2.24, 2.45) is 0 Å². The van der Waals surface area contributed by atoms with Crippen molar-refractivity contribution < 1.29 is 22.7 Å². The minimum Gasteiger partial charge on any atom is -0.457 e.